The van der Waals surface area contributed by atoms with E-state index < -0.39 is 17.9 Å². The predicted molar refractivity (Wildman–Crippen MR) is 111 cm³/mol. The average Bonchev–Trinajstić information content (AvgIpc) is 3.00. The van der Waals surface area contributed by atoms with Crippen molar-refractivity contribution in [2.75, 3.05) is 4.90 Å². The Morgan fingerprint density at radius 3 is 2.10 bits per heavy atom. The highest BCUT2D eigenvalue weighted by molar-refractivity contribution is 6.30. The summed E-state index contributed by atoms with van der Waals surface area (Å²) in [6, 6.07) is 21.6. The number of carboxylic acid groups (broad SMARTS) is 1. The Bertz CT molecular complexity index is 1110. The fourth-order valence-electron chi connectivity index (χ4n) is 3.51. The van der Waals surface area contributed by atoms with Crippen LogP contribution in [0.3, 0.4) is 0 Å². The van der Waals surface area contributed by atoms with Gasteiger partial charge in [-0.05, 0) is 47.5 Å². The molecule has 29 heavy (non-hydrogen) atoms. The van der Waals surface area contributed by atoms with E-state index in [1.807, 2.05) is 30.3 Å². The Kier molecular flexibility index (Phi) is 4.82. The quantitative estimate of drug-likeness (QED) is 0.633. The van der Waals surface area contributed by atoms with Crippen LogP contribution in [0.5, 0.6) is 0 Å². The molecule has 0 bridgehead atoms. The fraction of sp³-hybridized carbons (Fsp3) is 0.0435. The summed E-state index contributed by atoms with van der Waals surface area (Å²) in [5, 5.41) is 20.5. The zero-order chi connectivity index (χ0) is 20.5. The number of carbonyl (C=O) groups is 2. The van der Waals surface area contributed by atoms with Crippen molar-refractivity contribution in [3.63, 3.8) is 0 Å². The third-order valence-electron chi connectivity index (χ3n) is 4.87. The lowest BCUT2D eigenvalue weighted by Gasteiger charge is -2.27. The minimum atomic E-state index is -1.03. The molecule has 0 aromatic heterocycles. The van der Waals surface area contributed by atoms with Crippen molar-refractivity contribution >= 4 is 34.7 Å². The number of halogens is 1. The van der Waals surface area contributed by atoms with Gasteiger partial charge in [-0.3, -0.25) is 9.69 Å². The van der Waals surface area contributed by atoms with Gasteiger partial charge in [-0.2, -0.15) is 0 Å². The van der Waals surface area contributed by atoms with Crippen LogP contribution in [0.1, 0.15) is 27.5 Å². The lowest BCUT2D eigenvalue weighted by Crippen LogP contribution is -2.30. The van der Waals surface area contributed by atoms with Crippen LogP contribution in [0.2, 0.25) is 5.02 Å². The fourth-order valence-corrected chi connectivity index (χ4v) is 3.64. The molecule has 1 amide bonds. The minimum absolute atomic E-state index is 0.144. The molecular formula is C23H16ClNO4. The predicted octanol–water partition coefficient (Wildman–Crippen LogP) is 5.10. The van der Waals surface area contributed by atoms with Crippen molar-refractivity contribution < 1.29 is 19.8 Å². The number of nitrogens with zero attached hydrogens (tertiary/aromatic N) is 1. The summed E-state index contributed by atoms with van der Waals surface area (Å²) >= 11 is 5.99. The molecule has 144 valence electrons. The molecule has 1 aliphatic rings. The number of aliphatic hydroxyl groups is 1. The second kappa shape index (κ2) is 7.45. The molecule has 1 atom stereocenters. The molecule has 4 rings (SSSR count). The van der Waals surface area contributed by atoms with Crippen LogP contribution in [0.4, 0.5) is 5.69 Å². The van der Waals surface area contributed by atoms with E-state index in [9.17, 15) is 19.8 Å². The summed E-state index contributed by atoms with van der Waals surface area (Å²) in [4.78, 5) is 25.7. The van der Waals surface area contributed by atoms with Gasteiger partial charge in [0.1, 0.15) is 0 Å². The number of benzene rings is 3. The summed E-state index contributed by atoms with van der Waals surface area (Å²) in [5.41, 5.74) is 2.58. The Morgan fingerprint density at radius 2 is 1.52 bits per heavy atom. The van der Waals surface area contributed by atoms with Gasteiger partial charge in [-0.15, -0.1) is 0 Å². The summed E-state index contributed by atoms with van der Waals surface area (Å²) in [5.74, 6) is -1.90. The maximum absolute atomic E-state index is 13.0. The summed E-state index contributed by atoms with van der Waals surface area (Å²) in [7, 11) is 0. The van der Waals surface area contributed by atoms with Crippen LogP contribution in [-0.4, -0.2) is 22.1 Å². The molecule has 1 heterocycles. The maximum Gasteiger partial charge on any atom is 0.335 e. The Balaban J connectivity index is 1.88. The van der Waals surface area contributed by atoms with E-state index in [1.165, 1.54) is 17.0 Å². The topological polar surface area (TPSA) is 77.8 Å². The monoisotopic (exact) mass is 405 g/mol. The molecule has 2 N–H and O–H groups in total. The highest BCUT2D eigenvalue weighted by Crippen LogP contribution is 2.45. The number of amides is 1. The van der Waals surface area contributed by atoms with Gasteiger partial charge in [0.05, 0.1) is 11.6 Å². The van der Waals surface area contributed by atoms with E-state index in [2.05, 4.69) is 0 Å². The van der Waals surface area contributed by atoms with Gasteiger partial charge in [-0.1, -0.05) is 54.1 Å². The van der Waals surface area contributed by atoms with Crippen LogP contribution < -0.4 is 4.90 Å². The molecule has 0 saturated carbocycles. The Hall–Kier alpha value is -3.57. The standard InChI is InChI=1S/C23H16ClNO4/c24-17-10-12-18(13-11-17)25-20(15-6-8-16(9-7-15)23(28)29)19(21(26)22(25)27)14-4-2-1-3-5-14/h1-13,20,26H,(H,28,29). The average molecular weight is 406 g/mol. The summed E-state index contributed by atoms with van der Waals surface area (Å²) < 4.78 is 0. The molecule has 1 unspecified atom stereocenters. The van der Waals surface area contributed by atoms with Crippen molar-refractivity contribution in [1.82, 2.24) is 0 Å². The Labute approximate surface area is 172 Å². The first-order valence-corrected chi connectivity index (χ1v) is 9.26. The number of rotatable bonds is 4. The number of hydrogen-bond donors (Lipinski definition) is 2. The number of carbonyl (C=O) groups excluding carboxylic acids is 1. The highest BCUT2D eigenvalue weighted by Gasteiger charge is 2.41. The van der Waals surface area contributed by atoms with E-state index in [0.29, 0.717) is 27.4 Å². The molecular weight excluding hydrogens is 390 g/mol. The molecule has 1 aliphatic heterocycles. The zero-order valence-corrected chi connectivity index (χ0v) is 15.9. The van der Waals surface area contributed by atoms with E-state index in [1.54, 1.807) is 36.4 Å². The minimum Gasteiger partial charge on any atom is -0.503 e. The number of anilines is 1. The molecule has 0 aliphatic carbocycles. The van der Waals surface area contributed by atoms with Crippen LogP contribution in [0, 0.1) is 0 Å². The molecule has 0 radical (unpaired) electrons. The third-order valence-corrected chi connectivity index (χ3v) is 5.12. The first-order valence-electron chi connectivity index (χ1n) is 8.88. The van der Waals surface area contributed by atoms with E-state index >= 15 is 0 Å². The van der Waals surface area contributed by atoms with Crippen molar-refractivity contribution in [1.29, 1.82) is 0 Å². The second-order valence-electron chi connectivity index (χ2n) is 6.61. The first kappa shape index (κ1) is 18.8. The van der Waals surface area contributed by atoms with Crippen LogP contribution >= 0.6 is 11.6 Å². The first-order chi connectivity index (χ1) is 14.0. The van der Waals surface area contributed by atoms with Gasteiger partial charge < -0.3 is 10.2 Å². The normalized spacial score (nSPS) is 16.4. The Morgan fingerprint density at radius 1 is 0.897 bits per heavy atom. The van der Waals surface area contributed by atoms with Crippen molar-refractivity contribution in [3.05, 3.63) is 106 Å². The van der Waals surface area contributed by atoms with E-state index in [-0.39, 0.29) is 11.3 Å². The van der Waals surface area contributed by atoms with E-state index in [4.69, 9.17) is 11.6 Å². The molecule has 3 aromatic carbocycles. The zero-order valence-electron chi connectivity index (χ0n) is 15.1. The third kappa shape index (κ3) is 3.37. The van der Waals surface area contributed by atoms with Crippen LogP contribution in [-0.2, 0) is 4.79 Å². The van der Waals surface area contributed by atoms with Crippen LogP contribution in [0.15, 0.2) is 84.6 Å². The van der Waals surface area contributed by atoms with E-state index in [0.717, 1.165) is 0 Å². The number of aliphatic hydroxyl groups excluding tert-OH is 1. The summed E-state index contributed by atoms with van der Waals surface area (Å²) in [6.45, 7) is 0. The largest absolute Gasteiger partial charge is 0.503 e. The van der Waals surface area contributed by atoms with Crippen LogP contribution in [0.25, 0.3) is 5.57 Å². The maximum atomic E-state index is 13.0. The SMILES string of the molecule is O=C(O)c1ccc(C2C(c3ccccc3)=C(O)C(=O)N2c2ccc(Cl)cc2)cc1. The summed E-state index contributed by atoms with van der Waals surface area (Å²) in [6.07, 6.45) is 0. The van der Waals surface area contributed by atoms with Gasteiger partial charge in [0, 0.05) is 16.3 Å². The van der Waals surface area contributed by atoms with Crippen molar-refractivity contribution in [3.8, 4) is 0 Å². The number of aromatic carboxylic acids is 1. The molecule has 0 spiro atoms. The molecule has 0 fully saturated rings. The second-order valence-corrected chi connectivity index (χ2v) is 7.05. The van der Waals surface area contributed by atoms with Gasteiger partial charge >= 0.3 is 5.97 Å². The number of hydrogen-bond acceptors (Lipinski definition) is 3. The van der Waals surface area contributed by atoms with Gasteiger partial charge in [0.2, 0.25) is 0 Å². The lowest BCUT2D eigenvalue weighted by atomic mass is 9.93. The van der Waals surface area contributed by atoms with Gasteiger partial charge in [-0.25, -0.2) is 4.79 Å². The van der Waals surface area contributed by atoms with Crippen molar-refractivity contribution in [2.45, 2.75) is 6.04 Å². The highest BCUT2D eigenvalue weighted by atomic mass is 35.5. The molecule has 3 aromatic rings. The smallest absolute Gasteiger partial charge is 0.335 e. The lowest BCUT2D eigenvalue weighted by molar-refractivity contribution is -0.117. The van der Waals surface area contributed by atoms with Crippen molar-refractivity contribution in [2.24, 2.45) is 0 Å². The molecule has 5 nitrogen and oxygen atoms in total. The molecule has 6 heteroatoms. The molecule has 0 saturated heterocycles. The van der Waals surface area contributed by atoms with Gasteiger partial charge in [0.15, 0.2) is 5.76 Å². The van der Waals surface area contributed by atoms with Gasteiger partial charge in [0.25, 0.3) is 5.91 Å². The number of carboxylic acids is 1.